The fraction of sp³-hybridized carbons (Fsp3) is 0.750. The van der Waals surface area contributed by atoms with Gasteiger partial charge in [-0.2, -0.15) is 5.26 Å². The number of nitriles is 1. The van der Waals surface area contributed by atoms with Gasteiger partial charge in [0.1, 0.15) is 6.04 Å². The minimum Gasteiger partial charge on any atom is -0.325 e. The number of nitrogens with zero attached hydrogens (tertiary/aromatic N) is 2. The van der Waals surface area contributed by atoms with Gasteiger partial charge in [-0.05, 0) is 19.8 Å². The van der Waals surface area contributed by atoms with E-state index in [1.54, 1.807) is 11.8 Å². The second-order valence-electron chi connectivity index (χ2n) is 3.11. The summed E-state index contributed by atoms with van der Waals surface area (Å²) in [6.45, 7) is 2.33. The van der Waals surface area contributed by atoms with Crippen molar-refractivity contribution in [2.75, 3.05) is 6.54 Å². The van der Waals surface area contributed by atoms with Crippen LogP contribution in [0, 0.1) is 11.3 Å². The maximum Gasteiger partial charge on any atom is 0.240 e. The monoisotopic (exact) mass is 167 g/mol. The smallest absolute Gasteiger partial charge is 0.240 e. The predicted molar refractivity (Wildman–Crippen MR) is 44.0 cm³/mol. The van der Waals surface area contributed by atoms with Crippen LogP contribution in [0.3, 0.4) is 0 Å². The molecule has 0 aromatic rings. The highest BCUT2D eigenvalue weighted by molar-refractivity contribution is 5.82. The molecule has 1 saturated heterocycles. The molecule has 2 N–H and O–H groups in total. The quantitative estimate of drug-likeness (QED) is 0.590. The Hall–Kier alpha value is -1.08. The number of nitrogens with two attached hydrogens (primary N) is 1. The van der Waals surface area contributed by atoms with Gasteiger partial charge in [0, 0.05) is 6.54 Å². The second-order valence-corrected chi connectivity index (χ2v) is 3.11. The molecule has 0 spiro atoms. The van der Waals surface area contributed by atoms with Crippen molar-refractivity contribution in [3.8, 4) is 6.07 Å². The highest BCUT2D eigenvalue weighted by atomic mass is 16.2. The largest absolute Gasteiger partial charge is 0.325 e. The summed E-state index contributed by atoms with van der Waals surface area (Å²) in [7, 11) is 0. The van der Waals surface area contributed by atoms with Gasteiger partial charge in [0.25, 0.3) is 0 Å². The van der Waals surface area contributed by atoms with Gasteiger partial charge in [-0.3, -0.25) is 4.79 Å². The molecule has 1 aliphatic heterocycles. The Bertz CT molecular complexity index is 219. The van der Waals surface area contributed by atoms with Crippen molar-refractivity contribution < 1.29 is 4.79 Å². The lowest BCUT2D eigenvalue weighted by Gasteiger charge is -2.21. The van der Waals surface area contributed by atoms with E-state index in [1.165, 1.54) is 0 Å². The fourth-order valence-electron chi connectivity index (χ4n) is 1.43. The minimum atomic E-state index is -0.487. The maximum atomic E-state index is 11.4. The van der Waals surface area contributed by atoms with Gasteiger partial charge in [0.05, 0.1) is 12.1 Å². The van der Waals surface area contributed by atoms with E-state index in [0.29, 0.717) is 6.54 Å². The molecule has 2 atom stereocenters. The molecule has 0 radical (unpaired) electrons. The van der Waals surface area contributed by atoms with E-state index < -0.39 is 6.04 Å². The highest BCUT2D eigenvalue weighted by Gasteiger charge is 2.29. The highest BCUT2D eigenvalue weighted by Crippen LogP contribution is 2.16. The lowest BCUT2D eigenvalue weighted by molar-refractivity contribution is -0.132. The van der Waals surface area contributed by atoms with Gasteiger partial charge in [-0.25, -0.2) is 0 Å². The lowest BCUT2D eigenvalue weighted by Crippen LogP contribution is -2.44. The molecule has 0 aromatic carbocycles. The third kappa shape index (κ3) is 1.56. The summed E-state index contributed by atoms with van der Waals surface area (Å²) in [5.74, 6) is -0.112. The number of hydrogen-bond donors (Lipinski definition) is 1. The molecule has 0 aromatic heterocycles. The van der Waals surface area contributed by atoms with Crippen LogP contribution in [0.2, 0.25) is 0 Å². The molecule has 12 heavy (non-hydrogen) atoms. The first-order chi connectivity index (χ1) is 5.66. The number of hydrogen-bond acceptors (Lipinski definition) is 3. The van der Waals surface area contributed by atoms with Crippen molar-refractivity contribution in [3.05, 3.63) is 0 Å². The zero-order chi connectivity index (χ0) is 9.14. The van der Waals surface area contributed by atoms with Crippen molar-refractivity contribution in [2.24, 2.45) is 5.73 Å². The Morgan fingerprint density at radius 2 is 2.50 bits per heavy atom. The number of carbonyl (C=O) groups is 1. The van der Waals surface area contributed by atoms with Gasteiger partial charge < -0.3 is 10.6 Å². The molecule has 4 nitrogen and oxygen atoms in total. The van der Waals surface area contributed by atoms with Gasteiger partial charge >= 0.3 is 0 Å². The first-order valence-electron chi connectivity index (χ1n) is 4.12. The standard InChI is InChI=1S/C8H13N3O/c1-6(10)8(12)11-4-2-3-7(11)5-9/h6-7H,2-4,10H2,1H3/t6-,7?/m1/s1. The Labute approximate surface area is 71.9 Å². The van der Waals surface area contributed by atoms with E-state index in [4.69, 9.17) is 11.0 Å². The molecule has 1 unspecified atom stereocenters. The number of rotatable bonds is 1. The van der Waals surface area contributed by atoms with Gasteiger partial charge in [0.2, 0.25) is 5.91 Å². The van der Waals surface area contributed by atoms with Gasteiger partial charge in [0.15, 0.2) is 0 Å². The summed E-state index contributed by atoms with van der Waals surface area (Å²) in [6.07, 6.45) is 1.70. The first kappa shape index (κ1) is 9.01. The van der Waals surface area contributed by atoms with E-state index in [0.717, 1.165) is 12.8 Å². The SMILES string of the molecule is C[C@@H](N)C(=O)N1CCCC1C#N. The van der Waals surface area contributed by atoms with Crippen LogP contribution in [0.25, 0.3) is 0 Å². The average molecular weight is 167 g/mol. The van der Waals surface area contributed by atoms with E-state index >= 15 is 0 Å². The molecule has 4 heteroatoms. The van der Waals surface area contributed by atoms with Crippen LogP contribution in [-0.4, -0.2) is 29.4 Å². The van der Waals surface area contributed by atoms with Crippen molar-refractivity contribution in [1.29, 1.82) is 5.26 Å². The zero-order valence-electron chi connectivity index (χ0n) is 7.16. The van der Waals surface area contributed by atoms with Crippen LogP contribution in [-0.2, 0) is 4.79 Å². The summed E-state index contributed by atoms with van der Waals surface area (Å²) in [4.78, 5) is 12.9. The molecule has 1 fully saturated rings. The topological polar surface area (TPSA) is 70.1 Å². The summed E-state index contributed by atoms with van der Waals surface area (Å²) in [6, 6.07) is 1.37. The molecular weight excluding hydrogens is 154 g/mol. The fourth-order valence-corrected chi connectivity index (χ4v) is 1.43. The Morgan fingerprint density at radius 1 is 1.83 bits per heavy atom. The molecular formula is C8H13N3O. The summed E-state index contributed by atoms with van der Waals surface area (Å²) < 4.78 is 0. The lowest BCUT2D eigenvalue weighted by atomic mass is 10.2. The van der Waals surface area contributed by atoms with Crippen LogP contribution in [0.1, 0.15) is 19.8 Å². The summed E-state index contributed by atoms with van der Waals surface area (Å²) in [5, 5.41) is 8.68. The van der Waals surface area contributed by atoms with E-state index in [2.05, 4.69) is 6.07 Å². The van der Waals surface area contributed by atoms with Crippen LogP contribution in [0.15, 0.2) is 0 Å². The third-order valence-electron chi connectivity index (χ3n) is 2.07. The molecule has 0 bridgehead atoms. The molecule has 66 valence electrons. The molecule has 1 amide bonds. The number of likely N-dealkylation sites (tertiary alicyclic amines) is 1. The number of amides is 1. The number of carbonyl (C=O) groups excluding carboxylic acids is 1. The van der Waals surface area contributed by atoms with Gasteiger partial charge in [-0.15, -0.1) is 0 Å². The average Bonchev–Trinajstić information content (AvgIpc) is 2.49. The molecule has 0 saturated carbocycles. The third-order valence-corrected chi connectivity index (χ3v) is 2.07. The predicted octanol–water partition coefficient (Wildman–Crippen LogP) is -0.152. The second kappa shape index (κ2) is 3.55. The maximum absolute atomic E-state index is 11.4. The summed E-state index contributed by atoms with van der Waals surface area (Å²) >= 11 is 0. The minimum absolute atomic E-state index is 0.112. The van der Waals surface area contributed by atoms with Gasteiger partial charge in [-0.1, -0.05) is 0 Å². The molecule has 1 aliphatic rings. The Balaban J connectivity index is 2.63. The first-order valence-corrected chi connectivity index (χ1v) is 4.12. The van der Waals surface area contributed by atoms with E-state index in [-0.39, 0.29) is 11.9 Å². The Kier molecular flexibility index (Phi) is 2.66. The Morgan fingerprint density at radius 3 is 3.00 bits per heavy atom. The normalized spacial score (nSPS) is 25.1. The van der Waals surface area contributed by atoms with Crippen molar-refractivity contribution in [3.63, 3.8) is 0 Å². The molecule has 0 aliphatic carbocycles. The van der Waals surface area contributed by atoms with E-state index in [1.807, 2.05) is 0 Å². The summed E-state index contributed by atoms with van der Waals surface area (Å²) in [5.41, 5.74) is 5.43. The van der Waals surface area contributed by atoms with E-state index in [9.17, 15) is 4.79 Å². The van der Waals surface area contributed by atoms with Crippen LogP contribution >= 0.6 is 0 Å². The van der Waals surface area contributed by atoms with Crippen LogP contribution < -0.4 is 5.73 Å². The van der Waals surface area contributed by atoms with Crippen LogP contribution in [0.4, 0.5) is 0 Å². The van der Waals surface area contributed by atoms with Crippen molar-refractivity contribution >= 4 is 5.91 Å². The zero-order valence-corrected chi connectivity index (χ0v) is 7.16. The molecule has 1 heterocycles. The van der Waals surface area contributed by atoms with Crippen molar-refractivity contribution in [2.45, 2.75) is 31.8 Å². The van der Waals surface area contributed by atoms with Crippen LogP contribution in [0.5, 0.6) is 0 Å². The molecule has 1 rings (SSSR count). The van der Waals surface area contributed by atoms with Crippen molar-refractivity contribution in [1.82, 2.24) is 4.90 Å².